The average molecular weight is 473 g/mol. The first-order valence-corrected chi connectivity index (χ1v) is 17.1. The Morgan fingerprint density at radius 2 is 1.65 bits per heavy atom. The molecule has 2 N–H and O–H groups in total. The van der Waals surface area contributed by atoms with E-state index in [0.717, 1.165) is 0 Å². The van der Waals surface area contributed by atoms with Gasteiger partial charge in [0.2, 0.25) is 0 Å². The molecule has 9 heteroatoms. The lowest BCUT2D eigenvalue weighted by Gasteiger charge is -2.41. The monoisotopic (exact) mass is 472 g/mol. The van der Waals surface area contributed by atoms with E-state index in [-0.39, 0.29) is 34.2 Å². The highest BCUT2D eigenvalue weighted by atomic mass is 28.4. The number of amides is 2. The summed E-state index contributed by atoms with van der Waals surface area (Å²) in [4.78, 5) is 14.0. The molecule has 1 saturated heterocycles. The van der Waals surface area contributed by atoms with Gasteiger partial charge in [0, 0.05) is 12.1 Å². The summed E-state index contributed by atoms with van der Waals surface area (Å²) in [6, 6.07) is -0.371. The first kappa shape index (κ1) is 26.5. The SMILES string of the molecule is C[C@H]1C(O[Si](C)(C)C(C)(C)C)[C@@H](CO[Si](C)(C)C(C)(C)C)O[C@H]1N1C=CC(O)NC1=O. The van der Waals surface area contributed by atoms with Gasteiger partial charge in [-0.1, -0.05) is 48.5 Å². The molecule has 0 saturated carbocycles. The van der Waals surface area contributed by atoms with Gasteiger partial charge >= 0.3 is 6.03 Å². The summed E-state index contributed by atoms with van der Waals surface area (Å²) in [6.45, 7) is 24.8. The number of aliphatic hydroxyl groups is 1. The fraction of sp³-hybridized carbons (Fsp3) is 0.864. The van der Waals surface area contributed by atoms with Crippen LogP contribution < -0.4 is 5.32 Å². The van der Waals surface area contributed by atoms with Crippen LogP contribution in [0.4, 0.5) is 4.79 Å². The Bertz CT molecular complexity index is 684. The Kier molecular flexibility index (Phi) is 7.62. The summed E-state index contributed by atoms with van der Waals surface area (Å²) in [5, 5.41) is 12.4. The second-order valence-corrected chi connectivity index (χ2v) is 21.5. The molecule has 2 rings (SSSR count). The average Bonchev–Trinajstić information content (AvgIpc) is 2.87. The van der Waals surface area contributed by atoms with Crippen molar-refractivity contribution >= 4 is 22.7 Å². The van der Waals surface area contributed by atoms with E-state index >= 15 is 0 Å². The molecule has 0 spiro atoms. The lowest BCUT2D eigenvalue weighted by Crippen LogP contribution is -2.52. The Hall–Kier alpha value is -0.716. The molecule has 0 aromatic carbocycles. The van der Waals surface area contributed by atoms with Gasteiger partial charge < -0.3 is 24.0 Å². The van der Waals surface area contributed by atoms with Crippen molar-refractivity contribution in [1.82, 2.24) is 10.2 Å². The smallest absolute Gasteiger partial charge is 0.325 e. The molecule has 0 aromatic rings. The molecule has 0 aromatic heterocycles. The third-order valence-electron chi connectivity index (χ3n) is 7.51. The van der Waals surface area contributed by atoms with Crippen LogP contribution in [0.3, 0.4) is 0 Å². The topological polar surface area (TPSA) is 80.3 Å². The molecule has 2 aliphatic heterocycles. The molecule has 180 valence electrons. The Morgan fingerprint density at radius 1 is 1.10 bits per heavy atom. The normalized spacial score (nSPS) is 30.6. The largest absolute Gasteiger partial charge is 0.414 e. The number of carbonyl (C=O) groups is 1. The highest BCUT2D eigenvalue weighted by molar-refractivity contribution is 6.74. The molecule has 2 amide bonds. The van der Waals surface area contributed by atoms with E-state index in [4.69, 9.17) is 13.6 Å². The molecule has 2 heterocycles. The number of urea groups is 1. The maximum Gasteiger partial charge on any atom is 0.325 e. The highest BCUT2D eigenvalue weighted by Crippen LogP contribution is 2.43. The van der Waals surface area contributed by atoms with Crippen LogP contribution in [0.2, 0.25) is 36.3 Å². The van der Waals surface area contributed by atoms with Crippen LogP contribution in [-0.2, 0) is 13.6 Å². The molecular formula is C22H44N2O5Si2. The van der Waals surface area contributed by atoms with Crippen LogP contribution in [0, 0.1) is 5.92 Å². The Labute approximate surface area is 190 Å². The van der Waals surface area contributed by atoms with E-state index in [1.54, 1.807) is 12.3 Å². The molecule has 31 heavy (non-hydrogen) atoms. The van der Waals surface area contributed by atoms with Crippen molar-refractivity contribution in [3.63, 3.8) is 0 Å². The summed E-state index contributed by atoms with van der Waals surface area (Å²) < 4.78 is 19.8. The van der Waals surface area contributed by atoms with Crippen molar-refractivity contribution in [3.8, 4) is 0 Å². The van der Waals surface area contributed by atoms with Crippen LogP contribution in [0.1, 0.15) is 48.5 Å². The van der Waals surface area contributed by atoms with Gasteiger partial charge in [0.1, 0.15) is 18.6 Å². The zero-order valence-corrected chi connectivity index (χ0v) is 23.3. The summed E-state index contributed by atoms with van der Waals surface area (Å²) in [5.41, 5.74) is 0. The van der Waals surface area contributed by atoms with Crippen molar-refractivity contribution in [1.29, 1.82) is 0 Å². The van der Waals surface area contributed by atoms with Crippen LogP contribution in [0.25, 0.3) is 0 Å². The van der Waals surface area contributed by atoms with Crippen molar-refractivity contribution in [3.05, 3.63) is 12.3 Å². The van der Waals surface area contributed by atoms with Crippen LogP contribution in [0.5, 0.6) is 0 Å². The van der Waals surface area contributed by atoms with Crippen molar-refractivity contribution in [2.75, 3.05) is 6.61 Å². The van der Waals surface area contributed by atoms with Gasteiger partial charge in [-0.25, -0.2) is 4.79 Å². The zero-order chi connectivity index (χ0) is 24.0. The van der Waals surface area contributed by atoms with Gasteiger partial charge in [-0.05, 0) is 42.3 Å². The van der Waals surface area contributed by atoms with Gasteiger partial charge in [-0.15, -0.1) is 0 Å². The number of hydrogen-bond donors (Lipinski definition) is 2. The third kappa shape index (κ3) is 5.80. The van der Waals surface area contributed by atoms with E-state index in [1.807, 2.05) is 0 Å². The lowest BCUT2D eigenvalue weighted by atomic mass is 10.0. The number of rotatable bonds is 6. The van der Waals surface area contributed by atoms with E-state index < -0.39 is 29.1 Å². The van der Waals surface area contributed by atoms with Gasteiger partial charge in [0.25, 0.3) is 0 Å². The molecule has 2 unspecified atom stereocenters. The van der Waals surface area contributed by atoms with E-state index in [0.29, 0.717) is 6.61 Å². The van der Waals surface area contributed by atoms with Crippen LogP contribution in [0.15, 0.2) is 12.3 Å². The first-order valence-electron chi connectivity index (χ1n) is 11.3. The highest BCUT2D eigenvalue weighted by Gasteiger charge is 2.51. The van der Waals surface area contributed by atoms with Gasteiger partial charge in [0.15, 0.2) is 16.6 Å². The molecule has 1 fully saturated rings. The van der Waals surface area contributed by atoms with Crippen LogP contribution in [-0.4, -0.2) is 63.9 Å². The molecule has 0 bridgehead atoms. The predicted octanol–water partition coefficient (Wildman–Crippen LogP) is 4.62. The Morgan fingerprint density at radius 3 is 2.13 bits per heavy atom. The summed E-state index contributed by atoms with van der Waals surface area (Å²) in [5.74, 6) is -0.0483. The number of aliphatic hydroxyl groups excluding tert-OH is 1. The number of nitrogens with one attached hydrogen (secondary N) is 1. The summed E-state index contributed by atoms with van der Waals surface area (Å²) >= 11 is 0. The molecule has 5 atom stereocenters. The number of carbonyl (C=O) groups excluding carboxylic acids is 1. The van der Waals surface area contributed by atoms with Crippen molar-refractivity contribution in [2.45, 2.75) is 109 Å². The fourth-order valence-corrected chi connectivity index (χ4v) is 5.65. The minimum atomic E-state index is -2.07. The quantitative estimate of drug-likeness (QED) is 0.552. The van der Waals surface area contributed by atoms with Gasteiger partial charge in [-0.2, -0.15) is 0 Å². The second kappa shape index (κ2) is 8.91. The van der Waals surface area contributed by atoms with Gasteiger partial charge in [-0.3, -0.25) is 4.90 Å². The molecule has 0 radical (unpaired) electrons. The number of hydrogen-bond acceptors (Lipinski definition) is 5. The summed E-state index contributed by atoms with van der Waals surface area (Å²) in [6.07, 6.45) is 1.25. The van der Waals surface area contributed by atoms with E-state index in [9.17, 15) is 9.90 Å². The second-order valence-electron chi connectivity index (χ2n) is 12.0. The Balaban J connectivity index is 2.29. The van der Waals surface area contributed by atoms with Gasteiger partial charge in [0.05, 0.1) is 12.7 Å². The first-order chi connectivity index (χ1) is 13.9. The van der Waals surface area contributed by atoms with Crippen LogP contribution >= 0.6 is 0 Å². The van der Waals surface area contributed by atoms with E-state index in [1.165, 1.54) is 4.90 Å². The standard InChI is InChI=1S/C22H44N2O5Si2/c1-15-18(29-31(10,11)22(5,6)7)16(14-27-30(8,9)21(2,3)4)28-19(15)24-13-12-17(25)23-20(24)26/h12-13,15-19,25H,14H2,1-11H3,(H,23,26)/t15-,16+,17?,18?,19+/m0/s1. The fourth-order valence-electron chi connectivity index (χ4n) is 3.23. The third-order valence-corrected chi connectivity index (χ3v) is 16.5. The molecular weight excluding hydrogens is 428 g/mol. The number of nitrogens with zero attached hydrogens (tertiary/aromatic N) is 1. The molecule has 0 aliphatic carbocycles. The van der Waals surface area contributed by atoms with Crippen molar-refractivity contribution < 1.29 is 23.5 Å². The molecule has 7 nitrogen and oxygen atoms in total. The zero-order valence-electron chi connectivity index (χ0n) is 21.3. The minimum absolute atomic E-state index is 0.0483. The molecule has 2 aliphatic rings. The number of ether oxygens (including phenoxy) is 1. The van der Waals surface area contributed by atoms with Crippen molar-refractivity contribution in [2.24, 2.45) is 5.92 Å². The predicted molar refractivity (Wildman–Crippen MR) is 129 cm³/mol. The maximum absolute atomic E-state index is 12.5. The minimum Gasteiger partial charge on any atom is -0.414 e. The van der Waals surface area contributed by atoms with E-state index in [2.05, 4.69) is 80.0 Å². The lowest BCUT2D eigenvalue weighted by molar-refractivity contribution is -0.0550. The summed E-state index contributed by atoms with van der Waals surface area (Å²) in [7, 11) is -4.04. The maximum atomic E-state index is 12.5.